The predicted octanol–water partition coefficient (Wildman–Crippen LogP) is 4.34. The van der Waals surface area contributed by atoms with Crippen LogP contribution in [0.5, 0.6) is 0 Å². The topological polar surface area (TPSA) is 132 Å². The lowest BCUT2D eigenvalue weighted by Gasteiger charge is -2.11. The molecule has 0 aliphatic rings. The van der Waals surface area contributed by atoms with Gasteiger partial charge in [-0.25, -0.2) is 4.98 Å². The molecule has 2 aromatic heterocycles. The molecule has 4 rings (SSSR count). The van der Waals surface area contributed by atoms with Crippen molar-refractivity contribution < 1.29 is 18.9 Å². The van der Waals surface area contributed by atoms with E-state index in [1.165, 1.54) is 12.1 Å². The Balaban J connectivity index is 1.54. The summed E-state index contributed by atoms with van der Waals surface area (Å²) < 4.78 is 7.69. The van der Waals surface area contributed by atoms with Gasteiger partial charge in [-0.1, -0.05) is 29.8 Å². The lowest BCUT2D eigenvalue weighted by Crippen LogP contribution is -2.35. The summed E-state index contributed by atoms with van der Waals surface area (Å²) in [5, 5.41) is 16.9. The molecular formula is C27H25N5O5. The fraction of sp³-hybridized carbons (Fsp3) is 0.148. The lowest BCUT2D eigenvalue weighted by molar-refractivity contribution is -0.384. The Morgan fingerprint density at radius 2 is 1.89 bits per heavy atom. The first-order valence-corrected chi connectivity index (χ1v) is 11.6. The number of nitrogens with zero attached hydrogens (tertiary/aromatic N) is 3. The number of imidazole rings is 1. The molecule has 188 valence electrons. The highest BCUT2D eigenvalue weighted by Gasteiger charge is 2.19. The molecule has 10 nitrogen and oxygen atoms in total. The van der Waals surface area contributed by atoms with Crippen LogP contribution in [0.4, 0.5) is 5.69 Å². The van der Waals surface area contributed by atoms with E-state index in [4.69, 9.17) is 4.42 Å². The van der Waals surface area contributed by atoms with Crippen LogP contribution in [0.3, 0.4) is 0 Å². The second kappa shape index (κ2) is 11.6. The van der Waals surface area contributed by atoms with Crippen LogP contribution < -0.4 is 10.6 Å². The van der Waals surface area contributed by atoms with Crippen LogP contribution in [0.1, 0.15) is 28.1 Å². The van der Waals surface area contributed by atoms with E-state index >= 15 is 0 Å². The number of para-hydroxylation sites is 1. The number of nitro benzene ring substituents is 1. The third-order valence-corrected chi connectivity index (χ3v) is 5.52. The summed E-state index contributed by atoms with van der Waals surface area (Å²) in [6, 6.07) is 16.3. The molecule has 0 atom stereocenters. The molecule has 0 radical (unpaired) electrons. The highest BCUT2D eigenvalue weighted by molar-refractivity contribution is 6.05. The first-order chi connectivity index (χ1) is 17.9. The molecule has 2 amide bonds. The fourth-order valence-electron chi connectivity index (χ4n) is 3.59. The molecule has 0 aliphatic carbocycles. The lowest BCUT2D eigenvalue weighted by atomic mass is 10.1. The molecule has 2 N–H and O–H groups in total. The van der Waals surface area contributed by atoms with Gasteiger partial charge in [0.25, 0.3) is 17.5 Å². The van der Waals surface area contributed by atoms with Gasteiger partial charge in [0.15, 0.2) is 0 Å². The highest BCUT2D eigenvalue weighted by Crippen LogP contribution is 2.31. The number of rotatable bonds is 10. The first kappa shape index (κ1) is 25.1. The monoisotopic (exact) mass is 499 g/mol. The SMILES string of the molecule is Cc1ccc(C(=O)NC(=Cc2ccc(-c3ccccc3[N+](=O)[O-])o2)C(=O)NCCCn2ccnc2)cc1. The minimum absolute atomic E-state index is 0.0170. The zero-order chi connectivity index (χ0) is 26.2. The van der Waals surface area contributed by atoms with Gasteiger partial charge in [-0.3, -0.25) is 19.7 Å². The molecule has 4 aromatic rings. The Morgan fingerprint density at radius 3 is 2.62 bits per heavy atom. The molecule has 0 saturated heterocycles. The Kier molecular flexibility index (Phi) is 7.89. The number of hydrogen-bond acceptors (Lipinski definition) is 6. The van der Waals surface area contributed by atoms with Gasteiger partial charge in [0, 0.05) is 43.2 Å². The van der Waals surface area contributed by atoms with Crippen LogP contribution in [0.15, 0.2) is 89.5 Å². The number of carbonyl (C=O) groups is 2. The Labute approximate surface area is 212 Å². The van der Waals surface area contributed by atoms with E-state index in [-0.39, 0.29) is 22.9 Å². The van der Waals surface area contributed by atoms with Crippen LogP contribution in [0, 0.1) is 17.0 Å². The van der Waals surface area contributed by atoms with Crippen molar-refractivity contribution >= 4 is 23.6 Å². The minimum Gasteiger partial charge on any atom is -0.456 e. The molecule has 0 aliphatic heterocycles. The maximum Gasteiger partial charge on any atom is 0.280 e. The number of amides is 2. The van der Waals surface area contributed by atoms with Gasteiger partial charge in [0.05, 0.1) is 16.8 Å². The molecule has 2 heterocycles. The van der Waals surface area contributed by atoms with E-state index in [0.29, 0.717) is 30.6 Å². The van der Waals surface area contributed by atoms with Gasteiger partial charge in [0.2, 0.25) is 0 Å². The number of carbonyl (C=O) groups excluding carboxylic acids is 2. The fourth-order valence-corrected chi connectivity index (χ4v) is 3.59. The highest BCUT2D eigenvalue weighted by atomic mass is 16.6. The average Bonchev–Trinajstić information content (AvgIpc) is 3.59. The van der Waals surface area contributed by atoms with Crippen LogP contribution in [-0.2, 0) is 11.3 Å². The van der Waals surface area contributed by atoms with Gasteiger partial charge in [-0.2, -0.15) is 0 Å². The molecule has 0 fully saturated rings. The normalized spacial score (nSPS) is 11.2. The van der Waals surface area contributed by atoms with Crippen LogP contribution in [-0.4, -0.2) is 32.8 Å². The Bertz CT molecular complexity index is 1420. The summed E-state index contributed by atoms with van der Waals surface area (Å²) in [5.74, 6) is -0.426. The van der Waals surface area contributed by atoms with Gasteiger partial charge >= 0.3 is 0 Å². The van der Waals surface area contributed by atoms with Crippen molar-refractivity contribution in [3.63, 3.8) is 0 Å². The number of furan rings is 1. The van der Waals surface area contributed by atoms with Crippen molar-refractivity contribution in [1.29, 1.82) is 0 Å². The van der Waals surface area contributed by atoms with E-state index in [1.807, 2.05) is 17.7 Å². The molecule has 37 heavy (non-hydrogen) atoms. The van der Waals surface area contributed by atoms with Crippen molar-refractivity contribution in [3.8, 4) is 11.3 Å². The summed E-state index contributed by atoms with van der Waals surface area (Å²) in [7, 11) is 0. The molecule has 0 bridgehead atoms. The third-order valence-electron chi connectivity index (χ3n) is 5.52. The maximum atomic E-state index is 13.0. The number of nitro groups is 1. The molecule has 0 spiro atoms. The van der Waals surface area contributed by atoms with Gasteiger partial charge in [0.1, 0.15) is 17.2 Å². The molecule has 2 aromatic carbocycles. The van der Waals surface area contributed by atoms with Crippen molar-refractivity contribution in [1.82, 2.24) is 20.2 Å². The van der Waals surface area contributed by atoms with Crippen LogP contribution in [0.25, 0.3) is 17.4 Å². The average molecular weight is 500 g/mol. The smallest absolute Gasteiger partial charge is 0.280 e. The predicted molar refractivity (Wildman–Crippen MR) is 137 cm³/mol. The van der Waals surface area contributed by atoms with E-state index < -0.39 is 16.7 Å². The number of nitrogens with one attached hydrogen (secondary N) is 2. The van der Waals surface area contributed by atoms with Gasteiger partial charge in [-0.15, -0.1) is 0 Å². The molecule has 10 heteroatoms. The molecule has 0 saturated carbocycles. The van der Waals surface area contributed by atoms with E-state index in [0.717, 1.165) is 5.56 Å². The summed E-state index contributed by atoms with van der Waals surface area (Å²) in [4.78, 5) is 40.7. The zero-order valence-corrected chi connectivity index (χ0v) is 20.1. The van der Waals surface area contributed by atoms with Gasteiger partial charge < -0.3 is 19.6 Å². The largest absolute Gasteiger partial charge is 0.456 e. The third kappa shape index (κ3) is 6.57. The van der Waals surface area contributed by atoms with Crippen LogP contribution >= 0.6 is 0 Å². The second-order valence-corrected chi connectivity index (χ2v) is 8.26. The van der Waals surface area contributed by atoms with E-state index in [9.17, 15) is 19.7 Å². The zero-order valence-electron chi connectivity index (χ0n) is 20.1. The Hall–Kier alpha value is -4.99. The van der Waals surface area contributed by atoms with E-state index in [2.05, 4.69) is 15.6 Å². The number of aromatic nitrogens is 2. The van der Waals surface area contributed by atoms with Crippen LogP contribution in [0.2, 0.25) is 0 Å². The van der Waals surface area contributed by atoms with Crippen molar-refractivity contribution in [3.05, 3.63) is 112 Å². The summed E-state index contributed by atoms with van der Waals surface area (Å²) in [6.07, 6.45) is 7.27. The molecular weight excluding hydrogens is 474 g/mol. The van der Waals surface area contributed by atoms with Gasteiger partial charge in [-0.05, 0) is 43.7 Å². The standard InChI is InChI=1S/C27H25N5O5/c1-19-7-9-20(10-8-19)26(33)30-23(27(34)29-13-4-15-31-16-14-28-18-31)17-21-11-12-25(37-21)22-5-2-3-6-24(22)32(35)36/h2-3,5-12,14,16-18H,4,13,15H2,1H3,(H,29,34)(H,30,33). The maximum absolute atomic E-state index is 13.0. The summed E-state index contributed by atoms with van der Waals surface area (Å²) in [5.41, 5.74) is 1.58. The minimum atomic E-state index is -0.491. The summed E-state index contributed by atoms with van der Waals surface area (Å²) in [6.45, 7) is 2.96. The summed E-state index contributed by atoms with van der Waals surface area (Å²) >= 11 is 0. The second-order valence-electron chi connectivity index (χ2n) is 8.26. The number of aryl methyl sites for hydroxylation is 2. The van der Waals surface area contributed by atoms with Crippen molar-refractivity contribution in [2.45, 2.75) is 19.9 Å². The number of hydrogen-bond donors (Lipinski definition) is 2. The van der Waals surface area contributed by atoms with E-state index in [1.54, 1.807) is 67.1 Å². The van der Waals surface area contributed by atoms with Crippen molar-refractivity contribution in [2.24, 2.45) is 0 Å². The molecule has 0 unspecified atom stereocenters. The van der Waals surface area contributed by atoms with Crippen molar-refractivity contribution in [2.75, 3.05) is 6.54 Å². The quantitative estimate of drug-likeness (QED) is 0.144. The first-order valence-electron chi connectivity index (χ1n) is 11.6. The number of benzene rings is 2. The Morgan fingerprint density at radius 1 is 1.11 bits per heavy atom.